The van der Waals surface area contributed by atoms with Gasteiger partial charge < -0.3 is 9.67 Å². The molecule has 25 heavy (non-hydrogen) atoms. The predicted molar refractivity (Wildman–Crippen MR) is 104 cm³/mol. The van der Waals surface area contributed by atoms with Crippen LogP contribution in [0.3, 0.4) is 0 Å². The predicted octanol–water partition coefficient (Wildman–Crippen LogP) is 3.30. The molecule has 1 fully saturated rings. The van der Waals surface area contributed by atoms with Gasteiger partial charge in [-0.1, -0.05) is 42.8 Å². The van der Waals surface area contributed by atoms with Gasteiger partial charge in [-0.25, -0.2) is 8.51 Å². The second-order valence-corrected chi connectivity index (χ2v) is 8.22. The summed E-state index contributed by atoms with van der Waals surface area (Å²) in [6, 6.07) is 17.0. The molecule has 2 unspecified atom stereocenters. The van der Waals surface area contributed by atoms with Crippen LogP contribution in [0.2, 0.25) is 0 Å². The van der Waals surface area contributed by atoms with Crippen molar-refractivity contribution in [2.75, 3.05) is 12.8 Å². The molecule has 0 aliphatic heterocycles. The van der Waals surface area contributed by atoms with E-state index >= 15 is 0 Å². The first-order valence-electron chi connectivity index (χ1n) is 8.89. The maximum Gasteiger partial charge on any atom is 0.0914 e. The third-order valence-corrected chi connectivity index (χ3v) is 6.38. The van der Waals surface area contributed by atoms with Gasteiger partial charge in [0.15, 0.2) is 0 Å². The topological polar surface area (TPSA) is 45.5 Å². The molecule has 0 saturated heterocycles. The first-order chi connectivity index (χ1) is 12.1. The van der Waals surface area contributed by atoms with Crippen molar-refractivity contribution in [3.8, 4) is 0 Å². The summed E-state index contributed by atoms with van der Waals surface area (Å²) >= 11 is 0. The van der Waals surface area contributed by atoms with E-state index < -0.39 is 17.1 Å². The van der Waals surface area contributed by atoms with E-state index in [0.29, 0.717) is 19.1 Å². The SMILES string of the molecule is CS(=O)N(CC(O)Cn1c2ccccc2c2ccccc21)C1CCC1. The Kier molecular flexibility index (Phi) is 4.63. The van der Waals surface area contributed by atoms with Gasteiger partial charge in [0.2, 0.25) is 0 Å². The quantitative estimate of drug-likeness (QED) is 0.736. The zero-order valence-corrected chi connectivity index (χ0v) is 15.3. The minimum atomic E-state index is -1.04. The van der Waals surface area contributed by atoms with Crippen LogP contribution in [-0.2, 0) is 17.5 Å². The fourth-order valence-electron chi connectivity index (χ4n) is 3.81. The molecule has 2 atom stereocenters. The highest BCUT2D eigenvalue weighted by Gasteiger charge is 2.29. The number of hydrogen-bond donors (Lipinski definition) is 1. The summed E-state index contributed by atoms with van der Waals surface area (Å²) in [5.74, 6) is 0. The molecule has 3 aromatic rings. The molecule has 1 heterocycles. The molecule has 0 bridgehead atoms. The molecule has 1 aliphatic rings. The number of rotatable bonds is 6. The molecular weight excluding hydrogens is 332 g/mol. The molecular formula is C20H24N2O2S. The molecule has 0 radical (unpaired) electrons. The molecule has 4 nitrogen and oxygen atoms in total. The molecule has 0 amide bonds. The fourth-order valence-corrected chi connectivity index (χ4v) is 4.83. The van der Waals surface area contributed by atoms with Gasteiger partial charge >= 0.3 is 0 Å². The Balaban J connectivity index is 1.64. The molecule has 1 aliphatic carbocycles. The second kappa shape index (κ2) is 6.90. The molecule has 132 valence electrons. The number of hydrogen-bond acceptors (Lipinski definition) is 2. The van der Waals surface area contributed by atoms with E-state index in [-0.39, 0.29) is 0 Å². The third-order valence-electron chi connectivity index (χ3n) is 5.28. The first-order valence-corrected chi connectivity index (χ1v) is 10.4. The Bertz CT molecular complexity index is 863. The zero-order chi connectivity index (χ0) is 17.4. The van der Waals surface area contributed by atoms with Crippen LogP contribution in [0, 0.1) is 0 Å². The van der Waals surface area contributed by atoms with Crippen LogP contribution < -0.4 is 0 Å². The highest BCUT2D eigenvalue weighted by molar-refractivity contribution is 7.81. The Labute approximate surface area is 150 Å². The van der Waals surface area contributed by atoms with Crippen molar-refractivity contribution in [3.05, 3.63) is 48.5 Å². The largest absolute Gasteiger partial charge is 0.390 e. The summed E-state index contributed by atoms with van der Waals surface area (Å²) in [5.41, 5.74) is 2.27. The number of nitrogens with zero attached hydrogens (tertiary/aromatic N) is 2. The molecule has 4 rings (SSSR count). The lowest BCUT2D eigenvalue weighted by Crippen LogP contribution is -2.45. The van der Waals surface area contributed by atoms with Gasteiger partial charge in [-0.15, -0.1) is 0 Å². The van der Waals surface area contributed by atoms with E-state index in [1.165, 1.54) is 17.2 Å². The van der Waals surface area contributed by atoms with Crippen molar-refractivity contribution in [1.82, 2.24) is 8.87 Å². The van der Waals surface area contributed by atoms with Crippen molar-refractivity contribution < 1.29 is 9.32 Å². The van der Waals surface area contributed by atoms with E-state index in [1.807, 2.05) is 28.6 Å². The van der Waals surface area contributed by atoms with Crippen LogP contribution in [0.25, 0.3) is 21.8 Å². The molecule has 1 N–H and O–H groups in total. The number of aliphatic hydroxyl groups excluding tert-OH is 1. The monoisotopic (exact) mass is 356 g/mol. The average molecular weight is 356 g/mol. The van der Waals surface area contributed by atoms with Crippen LogP contribution in [0.1, 0.15) is 19.3 Å². The van der Waals surface area contributed by atoms with E-state index in [2.05, 4.69) is 28.8 Å². The van der Waals surface area contributed by atoms with Gasteiger partial charge in [-0.3, -0.25) is 0 Å². The van der Waals surface area contributed by atoms with Crippen molar-refractivity contribution in [3.63, 3.8) is 0 Å². The summed E-state index contributed by atoms with van der Waals surface area (Å²) in [5, 5.41) is 13.1. The molecule has 1 saturated carbocycles. The highest BCUT2D eigenvalue weighted by Crippen LogP contribution is 2.30. The summed E-state index contributed by atoms with van der Waals surface area (Å²) in [4.78, 5) is 0. The molecule has 1 aromatic heterocycles. The van der Waals surface area contributed by atoms with E-state index in [0.717, 1.165) is 23.9 Å². The Morgan fingerprint density at radius 3 is 2.16 bits per heavy atom. The van der Waals surface area contributed by atoms with Crippen LogP contribution in [0.4, 0.5) is 0 Å². The lowest BCUT2D eigenvalue weighted by molar-refractivity contribution is 0.104. The van der Waals surface area contributed by atoms with Crippen LogP contribution in [0.15, 0.2) is 48.5 Å². The highest BCUT2D eigenvalue weighted by atomic mass is 32.2. The van der Waals surface area contributed by atoms with Crippen molar-refractivity contribution in [1.29, 1.82) is 0 Å². The van der Waals surface area contributed by atoms with E-state index in [9.17, 15) is 9.32 Å². The number of aromatic nitrogens is 1. The number of aliphatic hydroxyl groups is 1. The van der Waals surface area contributed by atoms with Crippen molar-refractivity contribution >= 4 is 32.8 Å². The minimum Gasteiger partial charge on any atom is -0.390 e. The summed E-state index contributed by atoms with van der Waals surface area (Å²) in [6.45, 7) is 0.961. The van der Waals surface area contributed by atoms with Gasteiger partial charge in [0, 0.05) is 40.6 Å². The Morgan fingerprint density at radius 2 is 1.68 bits per heavy atom. The van der Waals surface area contributed by atoms with Crippen LogP contribution >= 0.6 is 0 Å². The standard InChI is InChI=1S/C20H24N2O2S/c1-25(24)22(15-7-6-8-15)14-16(23)13-21-19-11-4-2-9-17(19)18-10-3-5-12-20(18)21/h2-5,9-12,15-16,23H,6-8,13-14H2,1H3. The van der Waals surface area contributed by atoms with Gasteiger partial charge in [-0.05, 0) is 25.0 Å². The Morgan fingerprint density at radius 1 is 1.12 bits per heavy atom. The zero-order valence-electron chi connectivity index (χ0n) is 14.5. The van der Waals surface area contributed by atoms with Crippen molar-refractivity contribution in [2.45, 2.75) is 38.0 Å². The number of fused-ring (bicyclic) bond motifs is 3. The first kappa shape index (κ1) is 16.8. The normalized spacial score (nSPS) is 17.9. The lowest BCUT2D eigenvalue weighted by Gasteiger charge is -2.36. The number of para-hydroxylation sites is 2. The maximum absolute atomic E-state index is 12.1. The average Bonchev–Trinajstić information content (AvgIpc) is 2.87. The van der Waals surface area contributed by atoms with E-state index in [4.69, 9.17) is 0 Å². The van der Waals surface area contributed by atoms with E-state index in [1.54, 1.807) is 6.26 Å². The fraction of sp³-hybridized carbons (Fsp3) is 0.400. The number of benzene rings is 2. The summed E-state index contributed by atoms with van der Waals surface area (Å²) in [7, 11) is -1.04. The summed E-state index contributed by atoms with van der Waals surface area (Å²) < 4.78 is 16.2. The van der Waals surface area contributed by atoms with Gasteiger partial charge in [0.05, 0.1) is 23.6 Å². The van der Waals surface area contributed by atoms with Gasteiger partial charge in [0.1, 0.15) is 0 Å². The minimum absolute atomic E-state index is 0.360. The van der Waals surface area contributed by atoms with Crippen LogP contribution in [0.5, 0.6) is 0 Å². The van der Waals surface area contributed by atoms with Crippen molar-refractivity contribution in [2.24, 2.45) is 0 Å². The molecule has 0 spiro atoms. The third kappa shape index (κ3) is 3.12. The molecule has 5 heteroatoms. The van der Waals surface area contributed by atoms with Crippen LogP contribution in [-0.4, -0.2) is 43.1 Å². The summed E-state index contributed by atoms with van der Waals surface area (Å²) in [6.07, 6.45) is 4.53. The Hall–Kier alpha value is -1.69. The smallest absolute Gasteiger partial charge is 0.0914 e. The van der Waals surface area contributed by atoms with Gasteiger partial charge in [-0.2, -0.15) is 0 Å². The maximum atomic E-state index is 12.1. The molecule has 2 aromatic carbocycles. The lowest BCUT2D eigenvalue weighted by atomic mass is 9.93. The second-order valence-electron chi connectivity index (χ2n) is 6.91. The van der Waals surface area contributed by atoms with Gasteiger partial charge in [0.25, 0.3) is 0 Å².